The molecule has 3 saturated heterocycles. The van der Waals surface area contributed by atoms with Crippen molar-refractivity contribution in [2.45, 2.75) is 179 Å². The first-order valence-electron chi connectivity index (χ1n) is 17.7. The number of rotatable bonds is 6. The number of esters is 1. The second-order valence-corrected chi connectivity index (χ2v) is 15.6. The summed E-state index contributed by atoms with van der Waals surface area (Å²) in [6.45, 7) is 16.1. The van der Waals surface area contributed by atoms with E-state index in [2.05, 4.69) is 0 Å². The normalized spacial score (nSPS) is 51.2. The van der Waals surface area contributed by atoms with Crippen molar-refractivity contribution in [3.63, 3.8) is 0 Å². The van der Waals surface area contributed by atoms with Crippen LogP contribution in [0.4, 0.5) is 0 Å². The number of hydrogen-bond acceptors (Lipinski definition) is 14. The third kappa shape index (κ3) is 9.02. The Kier molecular flexibility index (Phi) is 13.9. The molecule has 3 heterocycles. The van der Waals surface area contributed by atoms with Gasteiger partial charge in [0.25, 0.3) is 0 Å². The Bertz CT molecular complexity index is 1120. The van der Waals surface area contributed by atoms with Gasteiger partial charge in [0.15, 0.2) is 12.6 Å². The van der Waals surface area contributed by atoms with Crippen molar-refractivity contribution < 1.29 is 63.5 Å². The summed E-state index contributed by atoms with van der Waals surface area (Å²) in [6.07, 6.45) is -10.3. The molecule has 0 spiro atoms. The number of Topliss-reactive ketones (excluding diaryl/α,β-unsaturated/α-hetero) is 1. The van der Waals surface area contributed by atoms with E-state index in [1.807, 2.05) is 0 Å². The molecular weight excluding hydrogens is 642 g/mol. The zero-order valence-corrected chi connectivity index (χ0v) is 31.1. The summed E-state index contributed by atoms with van der Waals surface area (Å²) in [5.41, 5.74) is 1.35. The third-order valence-corrected chi connectivity index (χ3v) is 11.2. The predicted octanol–water partition coefficient (Wildman–Crippen LogP) is 1.18. The SMILES string of the molecule is CC[C@H]1OC(=O)[C@H](C)[C@@H](OC2CC(C)(OC)C(O)C(C)O2)[C@H](C)[C@@H](OC2OC(C)CC(N)C2O)[C@](C)(O)C[C@@H](C)C(=O)[C@H](C)[C@@H](O)[C@]1(C)O. The van der Waals surface area contributed by atoms with Crippen LogP contribution in [0, 0.1) is 23.7 Å². The number of nitrogens with two attached hydrogens (primary N) is 1. The van der Waals surface area contributed by atoms with Crippen LogP contribution in [-0.4, -0.2) is 129 Å². The zero-order valence-electron chi connectivity index (χ0n) is 31.1. The van der Waals surface area contributed by atoms with Gasteiger partial charge in [0.2, 0.25) is 0 Å². The zero-order chi connectivity index (χ0) is 37.4. The predicted molar refractivity (Wildman–Crippen MR) is 177 cm³/mol. The number of hydrogen-bond donors (Lipinski definition) is 6. The highest BCUT2D eigenvalue weighted by Gasteiger charge is 2.53. The minimum atomic E-state index is -2.00. The maximum atomic E-state index is 14.0. The number of cyclic esters (lactones) is 1. The molecule has 0 bridgehead atoms. The van der Waals surface area contributed by atoms with Crippen LogP contribution in [0.1, 0.15) is 94.9 Å². The van der Waals surface area contributed by atoms with Gasteiger partial charge in [0.1, 0.15) is 29.7 Å². The summed E-state index contributed by atoms with van der Waals surface area (Å²) in [5.74, 6) is -5.06. The third-order valence-electron chi connectivity index (χ3n) is 11.2. The summed E-state index contributed by atoms with van der Waals surface area (Å²) < 4.78 is 36.6. The average Bonchev–Trinajstić information content (AvgIpc) is 3.02. The fourth-order valence-corrected chi connectivity index (χ4v) is 7.96. The van der Waals surface area contributed by atoms with Gasteiger partial charge in [0.05, 0.1) is 47.6 Å². The van der Waals surface area contributed by atoms with Gasteiger partial charge in [-0.3, -0.25) is 9.59 Å². The number of methoxy groups -OCH3 is 1. The molecular formula is C35H63NO13. The largest absolute Gasteiger partial charge is 0.459 e. The minimum Gasteiger partial charge on any atom is -0.459 e. The molecule has 3 rings (SSSR count). The van der Waals surface area contributed by atoms with Crippen LogP contribution in [0.2, 0.25) is 0 Å². The molecule has 18 atom stereocenters. The molecule has 0 aromatic heterocycles. The molecule has 286 valence electrons. The topological polar surface area (TPSA) is 217 Å². The fourth-order valence-electron chi connectivity index (χ4n) is 7.96. The van der Waals surface area contributed by atoms with E-state index in [9.17, 15) is 35.1 Å². The second-order valence-electron chi connectivity index (χ2n) is 15.6. The van der Waals surface area contributed by atoms with Crippen LogP contribution in [0.3, 0.4) is 0 Å². The van der Waals surface area contributed by atoms with E-state index >= 15 is 0 Å². The molecule has 3 aliphatic rings. The lowest BCUT2D eigenvalue weighted by Gasteiger charge is -2.48. The molecule has 0 aliphatic carbocycles. The molecule has 49 heavy (non-hydrogen) atoms. The molecule has 8 unspecified atom stereocenters. The van der Waals surface area contributed by atoms with Gasteiger partial charge in [-0.05, 0) is 60.8 Å². The smallest absolute Gasteiger partial charge is 0.311 e. The summed E-state index contributed by atoms with van der Waals surface area (Å²) >= 11 is 0. The second kappa shape index (κ2) is 16.2. The van der Waals surface area contributed by atoms with E-state index < -0.39 is 114 Å². The number of carbonyl (C=O) groups is 2. The Morgan fingerprint density at radius 3 is 2.08 bits per heavy atom. The Balaban J connectivity index is 2.17. The maximum Gasteiger partial charge on any atom is 0.311 e. The van der Waals surface area contributed by atoms with Gasteiger partial charge in [-0.2, -0.15) is 0 Å². The van der Waals surface area contributed by atoms with Crippen LogP contribution < -0.4 is 5.73 Å². The van der Waals surface area contributed by atoms with E-state index in [0.29, 0.717) is 6.42 Å². The molecule has 3 fully saturated rings. The first-order chi connectivity index (χ1) is 22.5. The van der Waals surface area contributed by atoms with Crippen LogP contribution in [0.25, 0.3) is 0 Å². The summed E-state index contributed by atoms with van der Waals surface area (Å²) in [7, 11) is 1.47. The highest BCUT2D eigenvalue weighted by atomic mass is 16.7. The summed E-state index contributed by atoms with van der Waals surface area (Å²) in [6, 6.07) is -0.676. The minimum absolute atomic E-state index is 0.0840. The van der Waals surface area contributed by atoms with Crippen LogP contribution >= 0.6 is 0 Å². The van der Waals surface area contributed by atoms with Crippen LogP contribution in [-0.2, 0) is 38.0 Å². The number of aliphatic hydroxyl groups excluding tert-OH is 3. The number of aliphatic hydroxyl groups is 5. The molecule has 0 aromatic rings. The Morgan fingerprint density at radius 1 is 0.898 bits per heavy atom. The summed E-state index contributed by atoms with van der Waals surface area (Å²) in [4.78, 5) is 27.7. The van der Waals surface area contributed by atoms with Crippen LogP contribution in [0.5, 0.6) is 0 Å². The monoisotopic (exact) mass is 705 g/mol. The van der Waals surface area contributed by atoms with Crippen molar-refractivity contribution in [2.75, 3.05) is 7.11 Å². The Morgan fingerprint density at radius 2 is 1.51 bits per heavy atom. The molecule has 3 aliphatic heterocycles. The Hall–Kier alpha value is -1.30. The van der Waals surface area contributed by atoms with E-state index in [0.717, 1.165) is 0 Å². The lowest BCUT2D eigenvalue weighted by molar-refractivity contribution is -0.315. The van der Waals surface area contributed by atoms with E-state index in [1.165, 1.54) is 27.9 Å². The lowest BCUT2D eigenvalue weighted by Crippen LogP contribution is -2.61. The van der Waals surface area contributed by atoms with Gasteiger partial charge in [-0.15, -0.1) is 0 Å². The first-order valence-corrected chi connectivity index (χ1v) is 17.7. The molecule has 14 heteroatoms. The molecule has 0 saturated carbocycles. The van der Waals surface area contributed by atoms with Crippen molar-refractivity contribution >= 4 is 11.8 Å². The number of ether oxygens (including phenoxy) is 6. The van der Waals surface area contributed by atoms with Gasteiger partial charge < -0.3 is 59.7 Å². The Labute approximate surface area is 290 Å². The van der Waals surface area contributed by atoms with Gasteiger partial charge >= 0.3 is 5.97 Å². The van der Waals surface area contributed by atoms with Crippen molar-refractivity contribution in [1.29, 1.82) is 0 Å². The van der Waals surface area contributed by atoms with E-state index in [1.54, 1.807) is 48.5 Å². The maximum absolute atomic E-state index is 14.0. The van der Waals surface area contributed by atoms with Gasteiger partial charge in [0, 0.05) is 37.3 Å². The number of carbonyl (C=O) groups excluding carboxylic acids is 2. The average molecular weight is 706 g/mol. The van der Waals surface area contributed by atoms with Crippen molar-refractivity contribution in [1.82, 2.24) is 0 Å². The quantitative estimate of drug-likeness (QED) is 0.214. The molecule has 7 N–H and O–H groups in total. The highest BCUT2D eigenvalue weighted by Crippen LogP contribution is 2.40. The number of ketones is 1. The van der Waals surface area contributed by atoms with Gasteiger partial charge in [-0.1, -0.05) is 27.7 Å². The van der Waals surface area contributed by atoms with Crippen LogP contribution in [0.15, 0.2) is 0 Å². The standard InChI is InChI=1S/C35H63NO13/c1-12-23-35(10,43)28(39)18(4)25(37)16(2)14-33(8,42)30(49-32-26(38)22(36)13-17(3)45-32)19(5)27(20(6)31(41)47-23)48-24-15-34(9,44-11)29(40)21(7)46-24/h16-24,26-30,32,38-40,42-43H,12-15,36H2,1-11H3/t16-,17?,18+,19+,20-,21?,22?,23-,24?,26?,27+,28-,29?,30-,32?,33-,34?,35-/m1/s1. The summed E-state index contributed by atoms with van der Waals surface area (Å²) in [5, 5.41) is 56.9. The van der Waals surface area contributed by atoms with Gasteiger partial charge in [-0.25, -0.2) is 0 Å². The van der Waals surface area contributed by atoms with E-state index in [-0.39, 0.29) is 25.4 Å². The molecule has 0 aromatic carbocycles. The van der Waals surface area contributed by atoms with Crippen molar-refractivity contribution in [2.24, 2.45) is 29.4 Å². The lowest BCUT2D eigenvalue weighted by atomic mass is 9.74. The fraction of sp³-hybridized carbons (Fsp3) is 0.943. The van der Waals surface area contributed by atoms with Crippen molar-refractivity contribution in [3.05, 3.63) is 0 Å². The first kappa shape index (κ1) is 42.1. The molecule has 0 radical (unpaired) electrons. The molecule has 0 amide bonds. The van der Waals surface area contributed by atoms with E-state index in [4.69, 9.17) is 34.2 Å². The highest BCUT2D eigenvalue weighted by molar-refractivity contribution is 5.83. The molecule has 14 nitrogen and oxygen atoms in total. The van der Waals surface area contributed by atoms with Crippen molar-refractivity contribution in [3.8, 4) is 0 Å².